The number of alkyl halides is 7. The zero-order valence-electron chi connectivity index (χ0n) is 24.6. The van der Waals surface area contributed by atoms with Crippen LogP contribution in [0.15, 0.2) is 23.8 Å². The van der Waals surface area contributed by atoms with Gasteiger partial charge in [0.15, 0.2) is 23.7 Å². The monoisotopic (exact) mass is 648 g/mol. The van der Waals surface area contributed by atoms with Crippen LogP contribution in [-0.2, 0) is 19.1 Å². The molecular weight excluding hydrogens is 609 g/mol. The molecule has 0 aromatic heterocycles. The number of hydrogen-bond acceptors (Lipinski definition) is 7. The second-order valence-electron chi connectivity index (χ2n) is 11.7. The van der Waals surface area contributed by atoms with Crippen LogP contribution in [0.1, 0.15) is 60.3 Å². The van der Waals surface area contributed by atoms with Crippen LogP contribution in [0.5, 0.6) is 0 Å². The number of carbonyl (C=O) groups excluding carboxylic acids is 3. The molecule has 14 heteroatoms. The van der Waals surface area contributed by atoms with Gasteiger partial charge >= 0.3 is 12.1 Å². The van der Waals surface area contributed by atoms with Gasteiger partial charge in [0.05, 0.1) is 6.10 Å². The lowest BCUT2D eigenvalue weighted by Crippen LogP contribution is -2.70. The number of hydrogen-bond donors (Lipinski definition) is 2. The fourth-order valence-corrected chi connectivity index (χ4v) is 8.42. The maximum atomic E-state index is 17.2. The van der Waals surface area contributed by atoms with E-state index in [-0.39, 0.29) is 37.9 Å². The Morgan fingerprint density at radius 2 is 1.70 bits per heavy atom. The summed E-state index contributed by atoms with van der Waals surface area (Å²) in [6.45, 7) is 6.15. The van der Waals surface area contributed by atoms with Gasteiger partial charge in [-0.2, -0.15) is 13.2 Å². The van der Waals surface area contributed by atoms with E-state index in [1.807, 2.05) is 0 Å². The molecule has 3 saturated carbocycles. The number of rotatable bonds is 4. The molecule has 0 radical (unpaired) electrons. The van der Waals surface area contributed by atoms with Crippen molar-refractivity contribution < 1.29 is 60.1 Å². The van der Waals surface area contributed by atoms with Crippen LogP contribution in [0.2, 0.25) is 0 Å². The number of aliphatic hydroxyl groups is 2. The quantitative estimate of drug-likeness (QED) is 0.287. The van der Waals surface area contributed by atoms with Crippen molar-refractivity contribution in [3.8, 4) is 0 Å². The summed E-state index contributed by atoms with van der Waals surface area (Å²) in [4.78, 5) is 37.8. The van der Waals surface area contributed by atoms with Crippen molar-refractivity contribution in [3.63, 3.8) is 0 Å². The van der Waals surface area contributed by atoms with Crippen molar-refractivity contribution in [2.75, 3.05) is 19.3 Å². The van der Waals surface area contributed by atoms with Crippen LogP contribution in [0.25, 0.3) is 0 Å². The molecule has 0 saturated heterocycles. The fraction of sp³-hybridized carbons (Fsp3) is 0.759. The van der Waals surface area contributed by atoms with E-state index < -0.39 is 87.9 Å². The molecule has 43 heavy (non-hydrogen) atoms. The molecule has 246 valence electrons. The first kappa shape index (κ1) is 37.3. The summed E-state index contributed by atoms with van der Waals surface area (Å²) in [5.41, 5.74) is -6.84. The van der Waals surface area contributed by atoms with E-state index >= 15 is 8.78 Å². The SMILES string of the molecule is CCC(=O)O[C@]1(C(=O)SCF)[C@H](C)C[C@H]2C3C[C@H](F)C4=CC(=O)C=C[C@]4(C)[C@@]3(F)[C@@H](O)C[C@@]21C.CCO.FCC(F)(F)F. The Morgan fingerprint density at radius 3 is 2.19 bits per heavy atom. The number of esters is 1. The molecule has 1 unspecified atom stereocenters. The Bertz CT molecular complexity index is 1120. The van der Waals surface area contributed by atoms with Crippen molar-refractivity contribution in [1.29, 1.82) is 0 Å². The molecule has 4 rings (SSSR count). The minimum absolute atomic E-state index is 0.0141. The van der Waals surface area contributed by atoms with Crippen molar-refractivity contribution in [3.05, 3.63) is 23.8 Å². The minimum atomic E-state index is -4.62. The van der Waals surface area contributed by atoms with Gasteiger partial charge in [0.25, 0.3) is 0 Å². The van der Waals surface area contributed by atoms with Crippen LogP contribution in [-0.4, -0.2) is 76.1 Å². The summed E-state index contributed by atoms with van der Waals surface area (Å²) in [6, 6.07) is -1.02. The minimum Gasteiger partial charge on any atom is -0.449 e. The number of thioether (sulfide) groups is 1. The maximum Gasteiger partial charge on any atom is 0.416 e. The molecular formula is C29H39F7O6S. The molecule has 0 aliphatic heterocycles. The van der Waals surface area contributed by atoms with Gasteiger partial charge < -0.3 is 14.9 Å². The molecule has 4 aliphatic rings. The third-order valence-electron chi connectivity index (χ3n) is 9.37. The molecule has 3 fully saturated rings. The van der Waals surface area contributed by atoms with Crippen molar-refractivity contribution in [1.82, 2.24) is 0 Å². The number of allylic oxidation sites excluding steroid dienone is 4. The summed E-state index contributed by atoms with van der Waals surface area (Å²) in [7, 11) is 0. The van der Waals surface area contributed by atoms with Crippen molar-refractivity contribution >= 4 is 28.6 Å². The first-order valence-corrected chi connectivity index (χ1v) is 14.9. The smallest absolute Gasteiger partial charge is 0.416 e. The number of ketones is 1. The number of carbonyl (C=O) groups is 3. The fourth-order valence-electron chi connectivity index (χ4n) is 7.63. The van der Waals surface area contributed by atoms with Crippen LogP contribution in [0.3, 0.4) is 0 Å². The standard InChI is InChI=1S/C25H31F3O5S.C2H2F4.C2H6O/c1-5-20(31)33-25(21(32)34-12-26)13(2)8-15-16-10-18(27)17-9-14(29)6-7-22(17,3)24(16,28)19(30)11-23(15,25)4;3-1-2(4,5)6;1-2-3/h6-7,9,13,15-16,18-19,30H,5,8,10-12H2,1-4H3;1H2;3H,2H2,1H3/t13-,15+,16?,18+,19+,22+,23+,24+,25+;;/m1../s1. The number of ether oxygens (including phenoxy) is 1. The molecule has 0 amide bonds. The largest absolute Gasteiger partial charge is 0.449 e. The van der Waals surface area contributed by atoms with E-state index in [0.29, 0.717) is 11.8 Å². The van der Waals surface area contributed by atoms with Crippen LogP contribution in [0, 0.1) is 28.6 Å². The second kappa shape index (κ2) is 13.6. The summed E-state index contributed by atoms with van der Waals surface area (Å²) in [6.07, 6.45) is -4.47. The van der Waals surface area contributed by atoms with E-state index in [1.54, 1.807) is 27.7 Å². The molecule has 6 nitrogen and oxygen atoms in total. The Labute approximate surface area is 250 Å². The highest BCUT2D eigenvalue weighted by atomic mass is 32.2. The lowest BCUT2D eigenvalue weighted by Gasteiger charge is -2.63. The highest BCUT2D eigenvalue weighted by Gasteiger charge is 2.78. The van der Waals surface area contributed by atoms with E-state index in [4.69, 9.17) is 9.84 Å². The molecule has 0 spiro atoms. The second-order valence-corrected chi connectivity index (χ2v) is 12.5. The third-order valence-corrected chi connectivity index (χ3v) is 10.0. The zero-order valence-corrected chi connectivity index (χ0v) is 25.5. The van der Waals surface area contributed by atoms with Crippen molar-refractivity contribution in [2.45, 2.75) is 90.0 Å². The van der Waals surface area contributed by atoms with Gasteiger partial charge in [0, 0.05) is 35.7 Å². The van der Waals surface area contributed by atoms with Gasteiger partial charge in [-0.1, -0.05) is 26.8 Å². The molecule has 0 bridgehead atoms. The number of fused-ring (bicyclic) bond motifs is 5. The van der Waals surface area contributed by atoms with E-state index in [2.05, 4.69) is 0 Å². The zero-order chi connectivity index (χ0) is 33.2. The topological polar surface area (TPSA) is 101 Å². The third kappa shape index (κ3) is 6.29. The Morgan fingerprint density at radius 1 is 1.14 bits per heavy atom. The van der Waals surface area contributed by atoms with Gasteiger partial charge in [0.1, 0.15) is 12.2 Å². The summed E-state index contributed by atoms with van der Waals surface area (Å²) in [5, 5.41) is 18.3. The predicted octanol–water partition coefficient (Wildman–Crippen LogP) is 5.95. The average molecular weight is 649 g/mol. The Kier molecular flexibility index (Phi) is 11.8. The van der Waals surface area contributed by atoms with Crippen LogP contribution < -0.4 is 0 Å². The van der Waals surface area contributed by atoms with Crippen LogP contribution in [0.4, 0.5) is 30.7 Å². The summed E-state index contributed by atoms with van der Waals surface area (Å²) >= 11 is 0.396. The lowest BCUT2D eigenvalue weighted by atomic mass is 9.44. The molecule has 9 atom stereocenters. The van der Waals surface area contributed by atoms with Gasteiger partial charge in [-0.3, -0.25) is 14.4 Å². The van der Waals surface area contributed by atoms with Gasteiger partial charge in [-0.25, -0.2) is 17.6 Å². The molecule has 0 aromatic rings. The molecule has 0 heterocycles. The summed E-state index contributed by atoms with van der Waals surface area (Å²) < 4.78 is 93.4. The predicted molar refractivity (Wildman–Crippen MR) is 146 cm³/mol. The Balaban J connectivity index is 0.000000630. The van der Waals surface area contributed by atoms with Crippen molar-refractivity contribution in [2.24, 2.45) is 28.6 Å². The van der Waals surface area contributed by atoms with Gasteiger partial charge in [-0.15, -0.1) is 0 Å². The summed E-state index contributed by atoms with van der Waals surface area (Å²) in [5.74, 6) is -3.30. The number of halogens is 7. The van der Waals surface area contributed by atoms with Gasteiger partial charge in [0.2, 0.25) is 5.12 Å². The normalized spacial score (nSPS) is 39.5. The average Bonchev–Trinajstić information content (AvgIpc) is 3.14. The highest BCUT2D eigenvalue weighted by Crippen LogP contribution is 2.72. The highest BCUT2D eigenvalue weighted by molar-refractivity contribution is 8.13. The molecule has 0 aromatic carbocycles. The maximum absolute atomic E-state index is 17.2. The van der Waals surface area contributed by atoms with E-state index in [1.165, 1.54) is 19.1 Å². The lowest BCUT2D eigenvalue weighted by molar-refractivity contribution is -0.228. The van der Waals surface area contributed by atoms with Gasteiger partial charge in [-0.05, 0) is 68.5 Å². The number of aliphatic hydroxyl groups excluding tert-OH is 2. The Hall–Kier alpha value is -1.93. The van der Waals surface area contributed by atoms with E-state index in [0.717, 1.165) is 6.08 Å². The molecule has 4 aliphatic carbocycles. The van der Waals surface area contributed by atoms with E-state index in [9.17, 15) is 41.4 Å². The molecule has 2 N–H and O–H groups in total. The van der Waals surface area contributed by atoms with Crippen LogP contribution >= 0.6 is 11.8 Å². The first-order valence-electron chi connectivity index (χ1n) is 14.0. The first-order chi connectivity index (χ1) is 19.8.